The van der Waals surface area contributed by atoms with E-state index in [4.69, 9.17) is 0 Å². The van der Waals surface area contributed by atoms with Crippen LogP contribution in [0.2, 0.25) is 0 Å². The van der Waals surface area contributed by atoms with Crippen molar-refractivity contribution in [1.29, 1.82) is 0 Å². The van der Waals surface area contributed by atoms with Crippen LogP contribution in [-0.4, -0.2) is 41.6 Å². The van der Waals surface area contributed by atoms with E-state index >= 15 is 0 Å². The Morgan fingerprint density at radius 3 is 2.83 bits per heavy atom. The summed E-state index contributed by atoms with van der Waals surface area (Å²) in [6.07, 6.45) is 9.29. The Hall–Kier alpha value is -1.55. The first-order valence-electron chi connectivity index (χ1n) is 9.49. The second-order valence-corrected chi connectivity index (χ2v) is 7.42. The number of likely N-dealkylation sites (tertiary alicyclic amines) is 1. The standard InChI is InChI=1S/C20H30N2O2/c23-19-8-4-5-16(13-19)9-10-20(24)21-14-17-11-12-22(15-17)18-6-2-1-3-7-18/h4-5,8,13,17-18,23H,1-3,6-7,9-12,14-15H2,(H,21,24)/t17-/m0/s1. The lowest BCUT2D eigenvalue weighted by atomic mass is 9.94. The number of aryl methyl sites for hydroxylation is 1. The molecule has 0 unspecified atom stereocenters. The van der Waals surface area contributed by atoms with Gasteiger partial charge in [-0.05, 0) is 55.8 Å². The number of rotatable bonds is 6. The molecule has 0 radical (unpaired) electrons. The predicted octanol–water partition coefficient (Wildman–Crippen LogP) is 3.10. The molecule has 0 spiro atoms. The molecule has 1 atom stereocenters. The Morgan fingerprint density at radius 1 is 1.21 bits per heavy atom. The molecule has 1 aromatic carbocycles. The quantitative estimate of drug-likeness (QED) is 0.843. The summed E-state index contributed by atoms with van der Waals surface area (Å²) in [5, 5.41) is 12.6. The molecule has 4 nitrogen and oxygen atoms in total. The minimum absolute atomic E-state index is 0.120. The van der Waals surface area contributed by atoms with Gasteiger partial charge in [0, 0.05) is 25.6 Å². The van der Waals surface area contributed by atoms with Gasteiger partial charge < -0.3 is 15.3 Å². The third-order valence-corrected chi connectivity index (χ3v) is 5.55. The lowest BCUT2D eigenvalue weighted by Crippen LogP contribution is -2.36. The first-order chi connectivity index (χ1) is 11.7. The zero-order valence-corrected chi connectivity index (χ0v) is 14.5. The van der Waals surface area contributed by atoms with Gasteiger partial charge in [0.1, 0.15) is 5.75 Å². The van der Waals surface area contributed by atoms with E-state index in [0.29, 0.717) is 18.8 Å². The lowest BCUT2D eigenvalue weighted by molar-refractivity contribution is -0.121. The van der Waals surface area contributed by atoms with Crippen LogP contribution in [0.4, 0.5) is 0 Å². The molecule has 132 valence electrons. The van der Waals surface area contributed by atoms with Crippen molar-refractivity contribution in [3.8, 4) is 5.75 Å². The Balaban J connectivity index is 1.34. The zero-order chi connectivity index (χ0) is 16.8. The summed E-state index contributed by atoms with van der Waals surface area (Å²) in [7, 11) is 0. The van der Waals surface area contributed by atoms with E-state index in [9.17, 15) is 9.90 Å². The maximum Gasteiger partial charge on any atom is 0.220 e. The highest BCUT2D eigenvalue weighted by Crippen LogP contribution is 2.27. The highest BCUT2D eigenvalue weighted by Gasteiger charge is 2.29. The summed E-state index contributed by atoms with van der Waals surface area (Å²) in [5.41, 5.74) is 1.01. The lowest BCUT2D eigenvalue weighted by Gasteiger charge is -2.31. The number of carbonyl (C=O) groups is 1. The molecule has 1 amide bonds. The number of aromatic hydroxyl groups is 1. The summed E-state index contributed by atoms with van der Waals surface area (Å²) in [6.45, 7) is 3.16. The second kappa shape index (κ2) is 8.52. The van der Waals surface area contributed by atoms with Gasteiger partial charge in [-0.2, -0.15) is 0 Å². The molecule has 1 heterocycles. The van der Waals surface area contributed by atoms with Gasteiger partial charge in [-0.15, -0.1) is 0 Å². The van der Waals surface area contributed by atoms with E-state index in [1.54, 1.807) is 12.1 Å². The highest BCUT2D eigenvalue weighted by atomic mass is 16.3. The van der Waals surface area contributed by atoms with E-state index < -0.39 is 0 Å². The molecule has 2 fully saturated rings. The summed E-state index contributed by atoms with van der Waals surface area (Å²) >= 11 is 0. The van der Waals surface area contributed by atoms with Crippen LogP contribution in [0.1, 0.15) is 50.5 Å². The second-order valence-electron chi connectivity index (χ2n) is 7.42. The van der Waals surface area contributed by atoms with Gasteiger partial charge in [0.25, 0.3) is 0 Å². The first kappa shape index (κ1) is 17.3. The van der Waals surface area contributed by atoms with Crippen LogP contribution in [0.5, 0.6) is 5.75 Å². The molecule has 0 bridgehead atoms. The van der Waals surface area contributed by atoms with Crippen LogP contribution >= 0.6 is 0 Å². The third-order valence-electron chi connectivity index (χ3n) is 5.55. The number of hydrogen-bond donors (Lipinski definition) is 2. The smallest absolute Gasteiger partial charge is 0.220 e. The Labute approximate surface area is 145 Å². The zero-order valence-electron chi connectivity index (χ0n) is 14.5. The van der Waals surface area contributed by atoms with Gasteiger partial charge in [0.2, 0.25) is 5.91 Å². The Bertz CT molecular complexity index is 540. The van der Waals surface area contributed by atoms with Gasteiger partial charge in [-0.1, -0.05) is 31.4 Å². The first-order valence-corrected chi connectivity index (χ1v) is 9.49. The highest BCUT2D eigenvalue weighted by molar-refractivity contribution is 5.76. The van der Waals surface area contributed by atoms with Crippen LogP contribution in [0, 0.1) is 5.92 Å². The van der Waals surface area contributed by atoms with Crippen molar-refractivity contribution in [3.05, 3.63) is 29.8 Å². The molecule has 24 heavy (non-hydrogen) atoms. The average Bonchev–Trinajstić information content (AvgIpc) is 3.08. The number of carbonyl (C=O) groups excluding carboxylic acids is 1. The molecule has 4 heteroatoms. The average molecular weight is 330 g/mol. The number of hydrogen-bond acceptors (Lipinski definition) is 3. The Kier molecular flexibility index (Phi) is 6.13. The minimum atomic E-state index is 0.120. The largest absolute Gasteiger partial charge is 0.508 e. The van der Waals surface area contributed by atoms with E-state index in [0.717, 1.165) is 24.7 Å². The molecule has 1 saturated carbocycles. The molecule has 1 aliphatic heterocycles. The van der Waals surface area contributed by atoms with E-state index in [1.165, 1.54) is 45.1 Å². The van der Waals surface area contributed by atoms with Crippen molar-refractivity contribution in [2.24, 2.45) is 5.92 Å². The van der Waals surface area contributed by atoms with Crippen LogP contribution in [0.3, 0.4) is 0 Å². The molecule has 1 aliphatic carbocycles. The van der Waals surface area contributed by atoms with E-state index in [2.05, 4.69) is 10.2 Å². The van der Waals surface area contributed by atoms with E-state index in [-0.39, 0.29) is 11.7 Å². The van der Waals surface area contributed by atoms with Gasteiger partial charge in [0.15, 0.2) is 0 Å². The number of benzene rings is 1. The van der Waals surface area contributed by atoms with Crippen molar-refractivity contribution < 1.29 is 9.90 Å². The number of phenols is 1. The van der Waals surface area contributed by atoms with Crippen molar-refractivity contribution in [1.82, 2.24) is 10.2 Å². The third kappa shape index (κ3) is 4.97. The normalized spacial score (nSPS) is 22.6. The maximum absolute atomic E-state index is 12.1. The molecule has 2 N–H and O–H groups in total. The summed E-state index contributed by atoms with van der Waals surface area (Å²) in [5.74, 6) is 0.993. The van der Waals surface area contributed by atoms with Crippen molar-refractivity contribution in [2.75, 3.05) is 19.6 Å². The summed E-state index contributed by atoms with van der Waals surface area (Å²) in [6, 6.07) is 7.95. The Morgan fingerprint density at radius 2 is 2.04 bits per heavy atom. The number of phenolic OH excluding ortho intramolecular Hbond substituents is 1. The molecule has 0 aromatic heterocycles. The number of nitrogens with one attached hydrogen (secondary N) is 1. The molecular formula is C20H30N2O2. The number of amides is 1. The van der Waals surface area contributed by atoms with Crippen LogP contribution in [-0.2, 0) is 11.2 Å². The SMILES string of the molecule is O=C(CCc1cccc(O)c1)NC[C@@H]1CCN(C2CCCCC2)C1. The van der Waals surface area contributed by atoms with Crippen LogP contribution < -0.4 is 5.32 Å². The number of nitrogens with zero attached hydrogens (tertiary/aromatic N) is 1. The van der Waals surface area contributed by atoms with Crippen molar-refractivity contribution in [3.63, 3.8) is 0 Å². The topological polar surface area (TPSA) is 52.6 Å². The van der Waals surface area contributed by atoms with Crippen LogP contribution in [0.15, 0.2) is 24.3 Å². The molecular weight excluding hydrogens is 300 g/mol. The molecule has 3 rings (SSSR count). The van der Waals surface area contributed by atoms with Crippen molar-refractivity contribution in [2.45, 2.75) is 57.4 Å². The summed E-state index contributed by atoms with van der Waals surface area (Å²) in [4.78, 5) is 14.7. The monoisotopic (exact) mass is 330 g/mol. The molecule has 1 aromatic rings. The van der Waals surface area contributed by atoms with E-state index in [1.807, 2.05) is 12.1 Å². The fourth-order valence-corrected chi connectivity index (χ4v) is 4.12. The van der Waals surface area contributed by atoms with Gasteiger partial charge in [0.05, 0.1) is 0 Å². The van der Waals surface area contributed by atoms with Gasteiger partial charge in [-0.3, -0.25) is 4.79 Å². The predicted molar refractivity (Wildman–Crippen MR) is 96.0 cm³/mol. The summed E-state index contributed by atoms with van der Waals surface area (Å²) < 4.78 is 0. The fourth-order valence-electron chi connectivity index (χ4n) is 4.12. The van der Waals surface area contributed by atoms with Crippen LogP contribution in [0.25, 0.3) is 0 Å². The molecule has 1 saturated heterocycles. The molecule has 2 aliphatic rings. The fraction of sp³-hybridized carbons (Fsp3) is 0.650. The maximum atomic E-state index is 12.1. The van der Waals surface area contributed by atoms with Crippen molar-refractivity contribution >= 4 is 5.91 Å². The van der Waals surface area contributed by atoms with Gasteiger partial charge in [-0.25, -0.2) is 0 Å². The van der Waals surface area contributed by atoms with Gasteiger partial charge >= 0.3 is 0 Å². The minimum Gasteiger partial charge on any atom is -0.508 e.